The molecule has 0 radical (unpaired) electrons. The Morgan fingerprint density at radius 3 is 2.82 bits per heavy atom. The van der Waals surface area contributed by atoms with Crippen LogP contribution in [0.5, 0.6) is 0 Å². The zero-order valence-electron chi connectivity index (χ0n) is 6.37. The fraction of sp³-hybridized carbons (Fsp3) is 0.333. The van der Waals surface area contributed by atoms with Crippen LogP contribution >= 0.6 is 11.8 Å². The third-order valence-corrected chi connectivity index (χ3v) is 1.93. The van der Waals surface area contributed by atoms with Gasteiger partial charge in [0.1, 0.15) is 5.82 Å². The molecule has 0 unspecified atom stereocenters. The molecule has 0 aliphatic rings. The number of aromatic nitrogens is 2. The molecule has 1 aromatic rings. The molecule has 0 aromatic carbocycles. The van der Waals surface area contributed by atoms with Crippen molar-refractivity contribution in [3.05, 3.63) is 12.0 Å². The van der Waals surface area contributed by atoms with Gasteiger partial charge in [0.05, 0.1) is 6.33 Å². The van der Waals surface area contributed by atoms with E-state index in [2.05, 4.69) is 4.98 Å². The van der Waals surface area contributed by atoms with Gasteiger partial charge >= 0.3 is 0 Å². The Balaban J connectivity index is 3.04. The van der Waals surface area contributed by atoms with E-state index in [0.717, 1.165) is 11.8 Å². The van der Waals surface area contributed by atoms with Gasteiger partial charge in [-0.25, -0.2) is 4.98 Å². The predicted octanol–water partition coefficient (Wildman–Crippen LogP) is 0.505. The van der Waals surface area contributed by atoms with E-state index in [0.29, 0.717) is 11.5 Å². The van der Waals surface area contributed by atoms with E-state index in [1.807, 2.05) is 0 Å². The smallest absolute Gasteiger partial charge is 0.241 e. The number of carbonyl (C=O) groups is 1. The van der Waals surface area contributed by atoms with E-state index in [-0.39, 0.29) is 5.12 Å². The Kier molecular flexibility index (Phi) is 2.19. The predicted molar refractivity (Wildman–Crippen MR) is 45.5 cm³/mol. The molecular weight excluding hydrogens is 162 g/mol. The van der Waals surface area contributed by atoms with Crippen LogP contribution in [0.1, 0.15) is 10.5 Å². The highest BCUT2D eigenvalue weighted by atomic mass is 32.2. The van der Waals surface area contributed by atoms with E-state index >= 15 is 0 Å². The molecule has 11 heavy (non-hydrogen) atoms. The summed E-state index contributed by atoms with van der Waals surface area (Å²) in [7, 11) is 1.75. The van der Waals surface area contributed by atoms with Gasteiger partial charge in [0, 0.05) is 7.05 Å². The summed E-state index contributed by atoms with van der Waals surface area (Å²) in [6, 6.07) is 0. The molecule has 2 N–H and O–H groups in total. The van der Waals surface area contributed by atoms with Gasteiger partial charge in [-0.2, -0.15) is 0 Å². The van der Waals surface area contributed by atoms with E-state index in [1.54, 1.807) is 17.9 Å². The first-order valence-electron chi connectivity index (χ1n) is 3.02. The van der Waals surface area contributed by atoms with Crippen molar-refractivity contribution in [2.24, 2.45) is 7.05 Å². The van der Waals surface area contributed by atoms with Crippen LogP contribution in [0, 0.1) is 0 Å². The molecule has 0 amide bonds. The van der Waals surface area contributed by atoms with Crippen LogP contribution in [0.25, 0.3) is 0 Å². The second-order valence-electron chi connectivity index (χ2n) is 2.08. The fourth-order valence-corrected chi connectivity index (χ4v) is 1.04. The standard InChI is InChI=1S/C6H9N3OS/c1-9-3-8-4(5(9)7)6(10)11-2/h3H,7H2,1-2H3. The summed E-state index contributed by atoms with van der Waals surface area (Å²) in [4.78, 5) is 14.9. The summed E-state index contributed by atoms with van der Waals surface area (Å²) in [6.07, 6.45) is 3.23. The molecule has 1 aromatic heterocycles. The summed E-state index contributed by atoms with van der Waals surface area (Å²) in [6.45, 7) is 0. The molecular formula is C6H9N3OS. The molecule has 5 heteroatoms. The number of nitrogens with two attached hydrogens (primary N) is 1. The third-order valence-electron chi connectivity index (χ3n) is 1.36. The summed E-state index contributed by atoms with van der Waals surface area (Å²) in [5, 5.41) is -0.0944. The second-order valence-corrected chi connectivity index (χ2v) is 2.86. The summed E-state index contributed by atoms with van der Waals surface area (Å²) in [5.41, 5.74) is 5.89. The van der Waals surface area contributed by atoms with Gasteiger partial charge in [0.15, 0.2) is 5.69 Å². The summed E-state index contributed by atoms with van der Waals surface area (Å²) >= 11 is 1.11. The Labute approximate surface area is 68.8 Å². The molecule has 1 heterocycles. The number of nitrogens with zero attached hydrogens (tertiary/aromatic N) is 2. The molecule has 4 nitrogen and oxygen atoms in total. The maximum Gasteiger partial charge on any atom is 0.241 e. The minimum atomic E-state index is -0.0944. The number of hydrogen-bond acceptors (Lipinski definition) is 4. The van der Waals surface area contributed by atoms with Crippen molar-refractivity contribution < 1.29 is 4.79 Å². The third kappa shape index (κ3) is 1.37. The maximum absolute atomic E-state index is 11.1. The molecule has 1 rings (SSSR count). The molecule has 0 atom stereocenters. The molecule has 0 fully saturated rings. The van der Waals surface area contributed by atoms with E-state index in [4.69, 9.17) is 5.73 Å². The Hall–Kier alpha value is -0.970. The van der Waals surface area contributed by atoms with Gasteiger partial charge in [0.25, 0.3) is 0 Å². The van der Waals surface area contributed by atoms with E-state index in [9.17, 15) is 4.79 Å². The van der Waals surface area contributed by atoms with Crippen LogP contribution in [-0.2, 0) is 7.05 Å². The van der Waals surface area contributed by atoms with Crippen molar-refractivity contribution in [1.82, 2.24) is 9.55 Å². The number of aryl methyl sites for hydroxylation is 1. The summed E-state index contributed by atoms with van der Waals surface area (Å²) < 4.78 is 1.61. The highest BCUT2D eigenvalue weighted by Gasteiger charge is 2.12. The van der Waals surface area contributed by atoms with Crippen LogP contribution in [0.4, 0.5) is 5.82 Å². The van der Waals surface area contributed by atoms with Crippen LogP contribution in [0.2, 0.25) is 0 Å². The highest BCUT2D eigenvalue weighted by Crippen LogP contribution is 2.13. The lowest BCUT2D eigenvalue weighted by Gasteiger charge is -1.95. The lowest BCUT2D eigenvalue weighted by atomic mass is 10.5. The van der Waals surface area contributed by atoms with E-state index < -0.39 is 0 Å². The lowest BCUT2D eigenvalue weighted by Crippen LogP contribution is -2.01. The number of thioether (sulfide) groups is 1. The van der Waals surface area contributed by atoms with Crippen molar-refractivity contribution in [2.45, 2.75) is 0 Å². The largest absolute Gasteiger partial charge is 0.383 e. The number of carbonyl (C=O) groups excluding carboxylic acids is 1. The van der Waals surface area contributed by atoms with Crippen LogP contribution in [0.15, 0.2) is 6.33 Å². The molecule has 0 spiro atoms. The van der Waals surface area contributed by atoms with Gasteiger partial charge in [-0.1, -0.05) is 11.8 Å². The number of imidazole rings is 1. The molecule has 0 bridgehead atoms. The number of hydrogen-bond donors (Lipinski definition) is 1. The average molecular weight is 171 g/mol. The van der Waals surface area contributed by atoms with Gasteiger partial charge in [-0.15, -0.1) is 0 Å². The minimum absolute atomic E-state index is 0.0944. The van der Waals surface area contributed by atoms with Crippen molar-refractivity contribution in [3.8, 4) is 0 Å². The number of rotatable bonds is 1. The fourth-order valence-electron chi connectivity index (χ4n) is 0.694. The first-order valence-corrected chi connectivity index (χ1v) is 4.24. The van der Waals surface area contributed by atoms with Gasteiger partial charge in [0.2, 0.25) is 5.12 Å². The second kappa shape index (κ2) is 2.96. The zero-order chi connectivity index (χ0) is 8.43. The highest BCUT2D eigenvalue weighted by molar-refractivity contribution is 8.13. The molecule has 60 valence electrons. The summed E-state index contributed by atoms with van der Waals surface area (Å²) in [5.74, 6) is 0.421. The molecule has 0 aliphatic carbocycles. The van der Waals surface area contributed by atoms with Gasteiger partial charge in [-0.3, -0.25) is 4.79 Å². The average Bonchev–Trinajstić information content (AvgIpc) is 2.32. The van der Waals surface area contributed by atoms with Crippen molar-refractivity contribution >= 4 is 22.7 Å². The van der Waals surface area contributed by atoms with Gasteiger partial charge < -0.3 is 10.3 Å². The monoisotopic (exact) mass is 171 g/mol. The maximum atomic E-state index is 11.1. The molecule has 0 saturated heterocycles. The Morgan fingerprint density at radius 1 is 1.82 bits per heavy atom. The van der Waals surface area contributed by atoms with Crippen LogP contribution in [0.3, 0.4) is 0 Å². The van der Waals surface area contributed by atoms with E-state index in [1.165, 1.54) is 6.33 Å². The van der Waals surface area contributed by atoms with Crippen LogP contribution < -0.4 is 5.73 Å². The van der Waals surface area contributed by atoms with Crippen LogP contribution in [-0.4, -0.2) is 20.9 Å². The minimum Gasteiger partial charge on any atom is -0.383 e. The quantitative estimate of drug-likeness (QED) is 0.668. The number of nitrogen functional groups attached to an aromatic ring is 1. The van der Waals surface area contributed by atoms with Crippen molar-refractivity contribution in [1.29, 1.82) is 0 Å². The Morgan fingerprint density at radius 2 is 2.45 bits per heavy atom. The normalized spacial score (nSPS) is 10.0. The zero-order valence-corrected chi connectivity index (χ0v) is 7.18. The van der Waals surface area contributed by atoms with Crippen molar-refractivity contribution in [2.75, 3.05) is 12.0 Å². The first-order chi connectivity index (χ1) is 5.16. The Bertz CT molecular complexity index is 281. The molecule has 0 aliphatic heterocycles. The lowest BCUT2D eigenvalue weighted by molar-refractivity contribution is 0.108. The van der Waals surface area contributed by atoms with Gasteiger partial charge in [-0.05, 0) is 6.26 Å². The van der Waals surface area contributed by atoms with Crippen molar-refractivity contribution in [3.63, 3.8) is 0 Å². The SMILES string of the molecule is CSC(=O)c1ncn(C)c1N. The topological polar surface area (TPSA) is 60.9 Å². The first kappa shape index (κ1) is 8.13. The number of anilines is 1. The molecule has 0 saturated carbocycles.